The molecule has 2 aromatic carbocycles. The van der Waals surface area contributed by atoms with E-state index in [2.05, 4.69) is 17.3 Å². The van der Waals surface area contributed by atoms with Gasteiger partial charge in [0.15, 0.2) is 6.04 Å². The Morgan fingerprint density at radius 1 is 1.12 bits per heavy atom. The molecule has 3 rings (SSSR count). The summed E-state index contributed by atoms with van der Waals surface area (Å²) in [5.74, 6) is -0.217. The van der Waals surface area contributed by atoms with Gasteiger partial charge in [-0.25, -0.2) is 4.79 Å². The van der Waals surface area contributed by atoms with Gasteiger partial charge in [0.1, 0.15) is 6.10 Å². The number of rotatable bonds is 5. The zero-order valence-corrected chi connectivity index (χ0v) is 14.0. The summed E-state index contributed by atoms with van der Waals surface area (Å²) in [5, 5.41) is 3.31. The first kappa shape index (κ1) is 16.5. The fraction of sp³-hybridized carbons (Fsp3) is 0.350. The molecule has 4 heteroatoms. The first-order valence-corrected chi connectivity index (χ1v) is 8.48. The van der Waals surface area contributed by atoms with Crippen LogP contribution in [0.15, 0.2) is 60.7 Å². The molecule has 0 bridgehead atoms. The lowest BCUT2D eigenvalue weighted by atomic mass is 10.1. The number of likely N-dealkylation sites (tertiary alicyclic amines) is 1. The number of nitrogens with one attached hydrogen (secondary N) is 1. The van der Waals surface area contributed by atoms with E-state index in [1.54, 1.807) is 0 Å². The van der Waals surface area contributed by atoms with E-state index >= 15 is 0 Å². The summed E-state index contributed by atoms with van der Waals surface area (Å²) >= 11 is 0. The van der Waals surface area contributed by atoms with Crippen LogP contribution in [0.4, 0.5) is 5.69 Å². The SMILES string of the molecule is CN1CCCC(OC(=O)C(Nc2ccccc2)c2ccccc2)C1. The normalized spacial score (nSPS) is 19.5. The van der Waals surface area contributed by atoms with Gasteiger partial charge < -0.3 is 15.0 Å². The summed E-state index contributed by atoms with van der Waals surface area (Å²) in [5.41, 5.74) is 1.82. The summed E-state index contributed by atoms with van der Waals surface area (Å²) in [6.45, 7) is 1.87. The zero-order chi connectivity index (χ0) is 16.8. The molecule has 1 saturated heterocycles. The Morgan fingerprint density at radius 3 is 2.46 bits per heavy atom. The summed E-state index contributed by atoms with van der Waals surface area (Å²) in [6.07, 6.45) is 1.97. The van der Waals surface area contributed by atoms with Crippen LogP contribution in [0.1, 0.15) is 24.4 Å². The number of hydrogen-bond acceptors (Lipinski definition) is 4. The molecule has 0 saturated carbocycles. The fourth-order valence-electron chi connectivity index (χ4n) is 3.07. The molecule has 0 radical (unpaired) electrons. The molecular formula is C20H24N2O2. The van der Waals surface area contributed by atoms with Crippen molar-refractivity contribution in [1.82, 2.24) is 4.90 Å². The summed E-state index contributed by atoms with van der Waals surface area (Å²) in [6, 6.07) is 19.0. The fourth-order valence-corrected chi connectivity index (χ4v) is 3.07. The second-order valence-corrected chi connectivity index (χ2v) is 6.32. The highest BCUT2D eigenvalue weighted by molar-refractivity contribution is 5.81. The van der Waals surface area contributed by atoms with Crippen LogP contribution < -0.4 is 5.32 Å². The van der Waals surface area contributed by atoms with Gasteiger partial charge in [0.2, 0.25) is 0 Å². The minimum atomic E-state index is -0.499. The summed E-state index contributed by atoms with van der Waals surface area (Å²) in [7, 11) is 2.07. The number of esters is 1. The highest BCUT2D eigenvalue weighted by atomic mass is 16.5. The zero-order valence-electron chi connectivity index (χ0n) is 14.0. The summed E-state index contributed by atoms with van der Waals surface area (Å²) in [4.78, 5) is 15.0. The Hall–Kier alpha value is -2.33. The largest absolute Gasteiger partial charge is 0.459 e. The van der Waals surface area contributed by atoms with Crippen molar-refractivity contribution < 1.29 is 9.53 Å². The van der Waals surface area contributed by atoms with Crippen LogP contribution in [-0.4, -0.2) is 37.1 Å². The van der Waals surface area contributed by atoms with Crippen LogP contribution in [0.3, 0.4) is 0 Å². The minimum Gasteiger partial charge on any atom is -0.459 e. The maximum Gasteiger partial charge on any atom is 0.333 e. The summed E-state index contributed by atoms with van der Waals surface area (Å²) < 4.78 is 5.81. The Morgan fingerprint density at radius 2 is 1.79 bits per heavy atom. The third-order valence-electron chi connectivity index (χ3n) is 4.32. The predicted octanol–water partition coefficient (Wildman–Crippen LogP) is 3.48. The number of para-hydroxylation sites is 1. The molecule has 0 amide bonds. The topological polar surface area (TPSA) is 41.6 Å². The molecule has 2 unspecified atom stereocenters. The van der Waals surface area contributed by atoms with E-state index in [1.807, 2.05) is 60.7 Å². The van der Waals surface area contributed by atoms with Gasteiger partial charge in [-0.05, 0) is 44.1 Å². The quantitative estimate of drug-likeness (QED) is 0.855. The van der Waals surface area contributed by atoms with E-state index in [9.17, 15) is 4.79 Å². The first-order valence-electron chi connectivity index (χ1n) is 8.48. The van der Waals surface area contributed by atoms with Crippen LogP contribution in [0.25, 0.3) is 0 Å². The second-order valence-electron chi connectivity index (χ2n) is 6.32. The van der Waals surface area contributed by atoms with E-state index in [0.29, 0.717) is 0 Å². The van der Waals surface area contributed by atoms with Gasteiger partial charge in [-0.2, -0.15) is 0 Å². The van der Waals surface area contributed by atoms with E-state index in [4.69, 9.17) is 4.74 Å². The number of benzene rings is 2. The number of piperidine rings is 1. The monoisotopic (exact) mass is 324 g/mol. The molecule has 2 aromatic rings. The molecule has 1 heterocycles. The first-order chi connectivity index (χ1) is 11.7. The predicted molar refractivity (Wildman–Crippen MR) is 95.9 cm³/mol. The van der Waals surface area contributed by atoms with Crippen molar-refractivity contribution in [3.05, 3.63) is 66.2 Å². The molecule has 2 atom stereocenters. The second kappa shape index (κ2) is 7.97. The molecule has 0 aliphatic carbocycles. The van der Waals surface area contributed by atoms with Gasteiger partial charge in [0.05, 0.1) is 0 Å². The Balaban J connectivity index is 1.75. The number of anilines is 1. The van der Waals surface area contributed by atoms with Gasteiger partial charge >= 0.3 is 5.97 Å². The van der Waals surface area contributed by atoms with Crippen molar-refractivity contribution in [1.29, 1.82) is 0 Å². The Labute approximate surface area is 143 Å². The van der Waals surface area contributed by atoms with Crippen molar-refractivity contribution in [3.63, 3.8) is 0 Å². The van der Waals surface area contributed by atoms with Crippen molar-refractivity contribution in [2.75, 3.05) is 25.5 Å². The molecule has 1 aliphatic rings. The molecule has 1 fully saturated rings. The molecular weight excluding hydrogens is 300 g/mol. The maximum atomic E-state index is 12.8. The van der Waals surface area contributed by atoms with Crippen LogP contribution in [0, 0.1) is 0 Å². The Bertz CT molecular complexity index is 645. The average molecular weight is 324 g/mol. The molecule has 0 aromatic heterocycles. The van der Waals surface area contributed by atoms with Crippen molar-refractivity contribution >= 4 is 11.7 Å². The van der Waals surface area contributed by atoms with E-state index < -0.39 is 6.04 Å². The molecule has 4 nitrogen and oxygen atoms in total. The third kappa shape index (κ3) is 4.36. The Kier molecular flexibility index (Phi) is 5.49. The molecule has 24 heavy (non-hydrogen) atoms. The number of carbonyl (C=O) groups is 1. The standard InChI is InChI=1S/C20H24N2O2/c1-22-14-8-13-18(15-22)24-20(23)19(16-9-4-2-5-10-16)21-17-11-6-3-7-12-17/h2-7,9-12,18-19,21H,8,13-15H2,1H3. The lowest BCUT2D eigenvalue weighted by Crippen LogP contribution is -2.39. The lowest BCUT2D eigenvalue weighted by Gasteiger charge is -2.30. The van der Waals surface area contributed by atoms with Crippen LogP contribution in [0.5, 0.6) is 0 Å². The van der Waals surface area contributed by atoms with Gasteiger partial charge in [-0.3, -0.25) is 0 Å². The average Bonchev–Trinajstić information content (AvgIpc) is 2.61. The van der Waals surface area contributed by atoms with Crippen molar-refractivity contribution in [2.45, 2.75) is 25.0 Å². The minimum absolute atomic E-state index is 0.0277. The van der Waals surface area contributed by atoms with E-state index in [0.717, 1.165) is 37.2 Å². The molecule has 1 aliphatic heterocycles. The smallest absolute Gasteiger partial charge is 0.333 e. The van der Waals surface area contributed by atoms with Crippen molar-refractivity contribution in [3.8, 4) is 0 Å². The number of nitrogens with zero attached hydrogens (tertiary/aromatic N) is 1. The number of hydrogen-bond donors (Lipinski definition) is 1. The number of ether oxygens (including phenoxy) is 1. The van der Waals surface area contributed by atoms with Crippen LogP contribution in [-0.2, 0) is 9.53 Å². The van der Waals surface area contributed by atoms with Gasteiger partial charge in [0, 0.05) is 12.2 Å². The molecule has 126 valence electrons. The highest BCUT2D eigenvalue weighted by Crippen LogP contribution is 2.23. The van der Waals surface area contributed by atoms with E-state index in [1.165, 1.54) is 0 Å². The number of likely N-dealkylation sites (N-methyl/N-ethyl adjacent to an activating group) is 1. The third-order valence-corrected chi connectivity index (χ3v) is 4.32. The van der Waals surface area contributed by atoms with Gasteiger partial charge in [-0.15, -0.1) is 0 Å². The number of carbonyl (C=O) groups excluding carboxylic acids is 1. The van der Waals surface area contributed by atoms with Crippen LogP contribution in [0.2, 0.25) is 0 Å². The highest BCUT2D eigenvalue weighted by Gasteiger charge is 2.27. The van der Waals surface area contributed by atoms with Crippen LogP contribution >= 0.6 is 0 Å². The molecule has 0 spiro atoms. The van der Waals surface area contributed by atoms with Gasteiger partial charge in [-0.1, -0.05) is 48.5 Å². The van der Waals surface area contributed by atoms with Gasteiger partial charge in [0.25, 0.3) is 0 Å². The molecule has 1 N–H and O–H groups in total. The van der Waals surface area contributed by atoms with Crippen molar-refractivity contribution in [2.24, 2.45) is 0 Å². The van der Waals surface area contributed by atoms with E-state index in [-0.39, 0.29) is 12.1 Å². The lowest BCUT2D eigenvalue weighted by molar-refractivity contribution is -0.152. The maximum absolute atomic E-state index is 12.8.